The Balaban J connectivity index is 1.15. The van der Waals surface area contributed by atoms with Crippen LogP contribution >= 0.6 is 23.4 Å². The molecule has 4 aliphatic heterocycles. The number of hydrogen-bond acceptors (Lipinski definition) is 14. The molecule has 1 aliphatic carbocycles. The Kier molecular flexibility index (Phi) is 17.0. The lowest BCUT2D eigenvalue weighted by Crippen LogP contribution is -2.63. The molecular formula is C48H66ClN5O13S. The number of halogens is 1. The molecule has 6 rings (SSSR count). The number of likely N-dealkylation sites (tertiary alicyclic amines) is 1. The Bertz CT molecular complexity index is 2180. The van der Waals surface area contributed by atoms with Crippen molar-refractivity contribution < 1.29 is 62.4 Å². The summed E-state index contributed by atoms with van der Waals surface area (Å²) in [6.45, 7) is 7.19. The van der Waals surface area contributed by atoms with Crippen LogP contribution < -0.4 is 20.3 Å². The SMILES string of the molecule is CNC(=O)[C@H]1CC[C@H](CN2C(=O)CC(SCCC(=O)N(C)[C@H](C)C(=O)O[C@H]3CC(=O)N(C)c4cc(cc(OC)c4Cl)C/C(C)=C/C=C/[C@@H](OC)[C@@]4(O)CC(OC(=O)N4)[C@@H](C)[C@@H]4O[C@]34C)C2=O)CC1. The second-order valence-electron chi connectivity index (χ2n) is 18.9. The zero-order chi connectivity index (χ0) is 49.8. The zero-order valence-electron chi connectivity index (χ0n) is 40.3. The second kappa shape index (κ2) is 21.9. The van der Waals surface area contributed by atoms with Gasteiger partial charge in [0.25, 0.3) is 0 Å². The van der Waals surface area contributed by atoms with E-state index in [9.17, 15) is 38.7 Å². The molecular weight excluding hydrogens is 922 g/mol. The molecule has 1 saturated carbocycles. The first kappa shape index (κ1) is 52.7. The van der Waals surface area contributed by atoms with E-state index < -0.39 is 76.8 Å². The molecule has 3 N–H and O–H groups in total. The average molecular weight is 989 g/mol. The summed E-state index contributed by atoms with van der Waals surface area (Å²) in [4.78, 5) is 97.2. The van der Waals surface area contributed by atoms with Gasteiger partial charge in [-0.25, -0.2) is 9.59 Å². The molecule has 68 heavy (non-hydrogen) atoms. The topological polar surface area (TPSA) is 223 Å². The summed E-state index contributed by atoms with van der Waals surface area (Å²) in [5.74, 6) is -2.17. The van der Waals surface area contributed by atoms with Crippen molar-refractivity contribution in [2.45, 2.75) is 133 Å². The van der Waals surface area contributed by atoms with Gasteiger partial charge in [-0.05, 0) is 76.5 Å². The van der Waals surface area contributed by atoms with Crippen molar-refractivity contribution in [1.82, 2.24) is 20.4 Å². The molecule has 0 aromatic heterocycles. The molecule has 20 heteroatoms. The first-order valence-corrected chi connectivity index (χ1v) is 24.6. The lowest BCUT2D eigenvalue weighted by Gasteiger charge is -2.42. The highest BCUT2D eigenvalue weighted by molar-refractivity contribution is 8.00. The molecule has 4 heterocycles. The first-order chi connectivity index (χ1) is 32.1. The smallest absolute Gasteiger partial charge is 0.409 e. The number of amides is 6. The fourth-order valence-electron chi connectivity index (χ4n) is 9.73. The third-order valence-corrected chi connectivity index (χ3v) is 15.9. The molecule has 374 valence electrons. The molecule has 4 bridgehead atoms. The lowest BCUT2D eigenvalue weighted by molar-refractivity contribution is -0.162. The molecule has 9 atom stereocenters. The predicted octanol–water partition coefficient (Wildman–Crippen LogP) is 4.32. The number of fused-ring (bicyclic) bond motifs is 5. The van der Waals surface area contributed by atoms with Crippen LogP contribution in [0.5, 0.6) is 5.75 Å². The number of anilines is 1. The summed E-state index contributed by atoms with van der Waals surface area (Å²) in [5.41, 5.74) is -1.14. The highest BCUT2D eigenvalue weighted by atomic mass is 35.5. The monoisotopic (exact) mass is 987 g/mol. The molecule has 5 aliphatic rings. The van der Waals surface area contributed by atoms with E-state index in [0.29, 0.717) is 37.2 Å². The maximum atomic E-state index is 14.3. The average Bonchev–Trinajstić information content (AvgIpc) is 3.94. The van der Waals surface area contributed by atoms with Crippen molar-refractivity contribution in [2.75, 3.05) is 52.6 Å². The highest BCUT2D eigenvalue weighted by Crippen LogP contribution is 2.49. The van der Waals surface area contributed by atoms with Gasteiger partial charge in [0.1, 0.15) is 40.7 Å². The number of epoxide rings is 1. The quantitative estimate of drug-likeness (QED) is 0.151. The number of thioether (sulfide) groups is 1. The molecule has 2 unspecified atom stereocenters. The van der Waals surface area contributed by atoms with Gasteiger partial charge in [-0.15, -0.1) is 11.8 Å². The van der Waals surface area contributed by atoms with Gasteiger partial charge < -0.3 is 43.9 Å². The van der Waals surface area contributed by atoms with E-state index >= 15 is 0 Å². The number of aliphatic hydroxyl groups is 1. The maximum Gasteiger partial charge on any atom is 0.409 e. The van der Waals surface area contributed by atoms with Crippen molar-refractivity contribution in [3.63, 3.8) is 0 Å². The van der Waals surface area contributed by atoms with E-state index in [1.165, 1.54) is 54.7 Å². The van der Waals surface area contributed by atoms with Crippen molar-refractivity contribution >= 4 is 70.6 Å². The van der Waals surface area contributed by atoms with Gasteiger partial charge in [-0.3, -0.25) is 34.2 Å². The number of ether oxygens (including phenoxy) is 5. The Labute approximate surface area is 407 Å². The number of carbonyl (C=O) groups excluding carboxylic acids is 7. The van der Waals surface area contributed by atoms with Gasteiger partial charge in [0.15, 0.2) is 5.72 Å². The number of nitrogens with zero attached hydrogens (tertiary/aromatic N) is 3. The summed E-state index contributed by atoms with van der Waals surface area (Å²) >= 11 is 8.03. The minimum atomic E-state index is -1.87. The van der Waals surface area contributed by atoms with Crippen LogP contribution in [-0.4, -0.2) is 151 Å². The minimum Gasteiger partial charge on any atom is -0.495 e. The third kappa shape index (κ3) is 11.7. The number of esters is 1. The van der Waals surface area contributed by atoms with Gasteiger partial charge in [0, 0.05) is 71.6 Å². The standard InChI is InChI=1S/C48H66ClN5O13S/c1-26-11-10-12-36(64-9)48(62)24-34(65-46(61)51-48)27(2)42-47(4,67-42)37(23-39(56)53(7)32-20-30(19-26)21-33(63-8)41(32)49)66-45(60)28(3)52(6)38(55)17-18-68-35-22-40(57)54(44(35)59)25-29-13-15-31(16-14-29)43(58)50-5/h10-12,20-21,27-29,31,34-37,42,62H,13-19,22-25H2,1-9H3,(H,50,58)(H,51,61)/b12-10+,26-11+/t27-,28-,29-,31-,34?,35?,36-,37+,42+,47-,48+/m1/s1. The number of hydrogen-bond donors (Lipinski definition) is 3. The Morgan fingerprint density at radius 1 is 1.10 bits per heavy atom. The van der Waals surface area contributed by atoms with Crippen molar-refractivity contribution in [3.8, 4) is 5.75 Å². The molecule has 3 saturated heterocycles. The Morgan fingerprint density at radius 3 is 2.47 bits per heavy atom. The molecule has 1 aromatic rings. The first-order valence-electron chi connectivity index (χ1n) is 23.2. The maximum absolute atomic E-state index is 14.3. The van der Waals surface area contributed by atoms with Gasteiger partial charge in [0.05, 0.1) is 30.6 Å². The van der Waals surface area contributed by atoms with E-state index in [1.807, 2.05) is 13.0 Å². The van der Waals surface area contributed by atoms with Crippen molar-refractivity contribution in [3.05, 3.63) is 46.5 Å². The van der Waals surface area contributed by atoms with Crippen LogP contribution in [0.15, 0.2) is 35.9 Å². The third-order valence-electron chi connectivity index (χ3n) is 14.3. The number of likely N-dealkylation sites (N-methyl/N-ethyl adjacent to an activating group) is 1. The number of allylic oxidation sites excluding steroid dienone is 3. The number of carbonyl (C=O) groups is 7. The Morgan fingerprint density at radius 2 is 1.81 bits per heavy atom. The summed E-state index contributed by atoms with van der Waals surface area (Å²) < 4.78 is 29.4. The van der Waals surface area contributed by atoms with Crippen molar-refractivity contribution in [1.29, 1.82) is 0 Å². The molecule has 1 aromatic carbocycles. The van der Waals surface area contributed by atoms with E-state index in [2.05, 4.69) is 10.6 Å². The normalized spacial score (nSPS) is 32.7. The van der Waals surface area contributed by atoms with Crippen LogP contribution in [0.4, 0.5) is 10.5 Å². The van der Waals surface area contributed by atoms with Crippen LogP contribution in [0.25, 0.3) is 0 Å². The summed E-state index contributed by atoms with van der Waals surface area (Å²) in [5, 5.41) is 16.6. The summed E-state index contributed by atoms with van der Waals surface area (Å²) in [6, 6.07) is 2.43. The van der Waals surface area contributed by atoms with E-state index in [0.717, 1.165) is 24.0 Å². The van der Waals surface area contributed by atoms with E-state index in [-0.39, 0.29) is 66.0 Å². The number of imide groups is 1. The summed E-state index contributed by atoms with van der Waals surface area (Å²) in [6.07, 6.45) is 3.39. The minimum absolute atomic E-state index is 0.0137. The molecule has 0 spiro atoms. The number of methoxy groups -OCH3 is 2. The molecule has 18 nitrogen and oxygen atoms in total. The molecule has 6 amide bonds. The van der Waals surface area contributed by atoms with Gasteiger partial charge >= 0.3 is 12.1 Å². The van der Waals surface area contributed by atoms with E-state index in [1.54, 1.807) is 52.2 Å². The van der Waals surface area contributed by atoms with Crippen LogP contribution in [0, 0.1) is 17.8 Å². The molecule has 0 radical (unpaired) electrons. The number of nitrogens with one attached hydrogen (secondary N) is 2. The van der Waals surface area contributed by atoms with E-state index in [4.69, 9.17) is 35.3 Å². The largest absolute Gasteiger partial charge is 0.495 e. The van der Waals surface area contributed by atoms with Gasteiger partial charge in [-0.1, -0.05) is 42.3 Å². The van der Waals surface area contributed by atoms with Gasteiger partial charge in [0.2, 0.25) is 29.5 Å². The van der Waals surface area contributed by atoms with Crippen molar-refractivity contribution in [2.24, 2.45) is 17.8 Å². The number of alkyl carbamates (subject to hydrolysis) is 1. The molecule has 4 fully saturated rings. The van der Waals surface area contributed by atoms with Crippen LogP contribution in [0.2, 0.25) is 5.02 Å². The van der Waals surface area contributed by atoms with Gasteiger partial charge in [-0.2, -0.15) is 0 Å². The van der Waals surface area contributed by atoms with Crippen LogP contribution in [0.1, 0.15) is 84.6 Å². The number of rotatable bonds is 12. The number of benzene rings is 1. The van der Waals surface area contributed by atoms with Crippen LogP contribution in [0.3, 0.4) is 0 Å². The second-order valence-corrected chi connectivity index (χ2v) is 20.6. The fraction of sp³-hybridized carbons (Fsp3) is 0.646. The lowest BCUT2D eigenvalue weighted by atomic mass is 9.81. The Hall–Kier alpha value is -4.69. The fourth-order valence-corrected chi connectivity index (χ4v) is 11.1. The zero-order valence-corrected chi connectivity index (χ0v) is 41.9. The van der Waals surface area contributed by atoms with Crippen LogP contribution in [-0.2, 0) is 54.1 Å². The highest BCUT2D eigenvalue weighted by Gasteiger charge is 2.64. The predicted molar refractivity (Wildman–Crippen MR) is 253 cm³/mol. The summed E-state index contributed by atoms with van der Waals surface area (Å²) in [7, 11) is 7.52.